The second kappa shape index (κ2) is 6.95. The van der Waals surface area contributed by atoms with Crippen LogP contribution >= 0.6 is 12.2 Å². The second-order valence-corrected chi connectivity index (χ2v) is 6.16. The highest BCUT2D eigenvalue weighted by molar-refractivity contribution is 7.89. The largest absolute Gasteiger partial charge is 0.389 e. The van der Waals surface area contributed by atoms with Gasteiger partial charge in [0.2, 0.25) is 10.0 Å². The maximum atomic E-state index is 12.3. The summed E-state index contributed by atoms with van der Waals surface area (Å²) in [4.78, 5) is 0.151. The van der Waals surface area contributed by atoms with E-state index in [0.717, 1.165) is 0 Å². The first-order valence-electron chi connectivity index (χ1n) is 5.82. The molecular formula is C12H18N2O3S2. The van der Waals surface area contributed by atoms with E-state index in [1.807, 2.05) is 6.92 Å². The predicted octanol–water partition coefficient (Wildman–Crippen LogP) is 1.02. The zero-order valence-corrected chi connectivity index (χ0v) is 12.6. The Hall–Kier alpha value is -1.02. The first-order valence-corrected chi connectivity index (χ1v) is 7.71. The lowest BCUT2D eigenvalue weighted by Crippen LogP contribution is -2.38. The number of nitrogens with two attached hydrogens (primary N) is 1. The number of benzene rings is 1. The molecule has 19 heavy (non-hydrogen) atoms. The summed E-state index contributed by atoms with van der Waals surface area (Å²) in [6.07, 6.45) is 0.627. The molecule has 0 spiro atoms. The van der Waals surface area contributed by atoms with Gasteiger partial charge in [-0.15, -0.1) is 0 Å². The van der Waals surface area contributed by atoms with Gasteiger partial charge in [0.25, 0.3) is 0 Å². The van der Waals surface area contributed by atoms with Crippen molar-refractivity contribution < 1.29 is 13.2 Å². The van der Waals surface area contributed by atoms with Crippen molar-refractivity contribution in [1.82, 2.24) is 4.72 Å². The molecule has 0 aromatic heterocycles. The van der Waals surface area contributed by atoms with Gasteiger partial charge in [0, 0.05) is 18.7 Å². The van der Waals surface area contributed by atoms with Gasteiger partial charge < -0.3 is 10.5 Å². The number of hydrogen-bond donors (Lipinski definition) is 2. The Labute approximate surface area is 119 Å². The molecule has 0 fully saturated rings. The molecule has 1 aromatic rings. The van der Waals surface area contributed by atoms with Gasteiger partial charge in [-0.2, -0.15) is 0 Å². The average molecular weight is 302 g/mol. The summed E-state index contributed by atoms with van der Waals surface area (Å²) in [7, 11) is -2.14. The smallest absolute Gasteiger partial charge is 0.241 e. The van der Waals surface area contributed by atoms with E-state index in [0.29, 0.717) is 18.6 Å². The summed E-state index contributed by atoms with van der Waals surface area (Å²) in [5, 5.41) is 0. The third kappa shape index (κ3) is 4.24. The molecule has 0 aliphatic carbocycles. The van der Waals surface area contributed by atoms with Crippen LogP contribution in [0.4, 0.5) is 0 Å². The summed E-state index contributed by atoms with van der Waals surface area (Å²) < 4.78 is 32.2. The van der Waals surface area contributed by atoms with Crippen LogP contribution in [0.2, 0.25) is 0 Å². The molecule has 7 heteroatoms. The molecule has 0 aliphatic heterocycles. The summed E-state index contributed by atoms with van der Waals surface area (Å²) in [5.74, 6) is 0. The molecule has 0 aliphatic rings. The number of ether oxygens (including phenoxy) is 1. The zero-order chi connectivity index (χ0) is 14.5. The van der Waals surface area contributed by atoms with Crippen LogP contribution in [0, 0.1) is 0 Å². The van der Waals surface area contributed by atoms with Gasteiger partial charge in [-0.3, -0.25) is 0 Å². The highest BCUT2D eigenvalue weighted by atomic mass is 32.2. The maximum absolute atomic E-state index is 12.3. The van der Waals surface area contributed by atoms with Gasteiger partial charge in [-0.25, -0.2) is 13.1 Å². The predicted molar refractivity (Wildman–Crippen MR) is 78.6 cm³/mol. The Balaban J connectivity index is 3.10. The van der Waals surface area contributed by atoms with E-state index in [4.69, 9.17) is 22.7 Å². The molecule has 1 rings (SSSR count). The van der Waals surface area contributed by atoms with E-state index in [1.54, 1.807) is 18.2 Å². The maximum Gasteiger partial charge on any atom is 0.241 e. The van der Waals surface area contributed by atoms with Crippen molar-refractivity contribution in [2.75, 3.05) is 13.7 Å². The average Bonchev–Trinajstić information content (AvgIpc) is 2.38. The normalized spacial score (nSPS) is 13.2. The molecule has 0 bridgehead atoms. The SMILES string of the molecule is CCC(COC)NS(=O)(=O)c1ccccc1C(N)=S. The van der Waals surface area contributed by atoms with Crippen LogP contribution in [0.1, 0.15) is 18.9 Å². The van der Waals surface area contributed by atoms with Crippen LogP contribution in [0.15, 0.2) is 29.2 Å². The van der Waals surface area contributed by atoms with E-state index < -0.39 is 10.0 Å². The Morgan fingerprint density at radius 1 is 1.47 bits per heavy atom. The van der Waals surface area contributed by atoms with Gasteiger partial charge in [-0.05, 0) is 12.5 Å². The Morgan fingerprint density at radius 2 is 2.11 bits per heavy atom. The van der Waals surface area contributed by atoms with E-state index in [2.05, 4.69) is 4.72 Å². The Kier molecular flexibility index (Phi) is 5.86. The van der Waals surface area contributed by atoms with Gasteiger partial charge in [0.05, 0.1) is 11.5 Å². The number of sulfonamides is 1. The third-order valence-electron chi connectivity index (χ3n) is 2.62. The van der Waals surface area contributed by atoms with Crippen molar-refractivity contribution in [1.29, 1.82) is 0 Å². The quantitative estimate of drug-likeness (QED) is 0.735. The van der Waals surface area contributed by atoms with Gasteiger partial charge in [0.1, 0.15) is 4.99 Å². The molecule has 1 atom stereocenters. The van der Waals surface area contributed by atoms with Crippen molar-refractivity contribution in [3.8, 4) is 0 Å². The minimum absolute atomic E-state index is 0.0563. The van der Waals surface area contributed by atoms with E-state index in [1.165, 1.54) is 13.2 Å². The third-order valence-corrected chi connectivity index (χ3v) is 4.42. The first kappa shape index (κ1) is 16.0. The molecule has 1 unspecified atom stereocenters. The minimum Gasteiger partial charge on any atom is -0.389 e. The van der Waals surface area contributed by atoms with E-state index >= 15 is 0 Å². The first-order chi connectivity index (χ1) is 8.92. The van der Waals surface area contributed by atoms with Crippen molar-refractivity contribution in [2.45, 2.75) is 24.3 Å². The lowest BCUT2D eigenvalue weighted by atomic mass is 10.2. The molecule has 0 radical (unpaired) electrons. The highest BCUT2D eigenvalue weighted by Crippen LogP contribution is 2.16. The van der Waals surface area contributed by atoms with Crippen LogP contribution in [-0.2, 0) is 14.8 Å². The fourth-order valence-electron chi connectivity index (χ4n) is 1.62. The van der Waals surface area contributed by atoms with Gasteiger partial charge >= 0.3 is 0 Å². The molecule has 0 saturated heterocycles. The van der Waals surface area contributed by atoms with Gasteiger partial charge in [-0.1, -0.05) is 37.3 Å². The molecule has 106 valence electrons. The Bertz CT molecular complexity index is 544. The van der Waals surface area contributed by atoms with Crippen LogP contribution < -0.4 is 10.5 Å². The van der Waals surface area contributed by atoms with Gasteiger partial charge in [0.15, 0.2) is 0 Å². The summed E-state index contributed by atoms with van der Waals surface area (Å²) >= 11 is 4.87. The molecule has 0 amide bonds. The molecule has 0 saturated carbocycles. The van der Waals surface area contributed by atoms with Crippen LogP contribution in [-0.4, -0.2) is 33.2 Å². The lowest BCUT2D eigenvalue weighted by molar-refractivity contribution is 0.173. The summed E-state index contributed by atoms with van der Waals surface area (Å²) in [6.45, 7) is 2.19. The van der Waals surface area contributed by atoms with Crippen molar-refractivity contribution in [3.63, 3.8) is 0 Å². The van der Waals surface area contributed by atoms with E-state index in [-0.39, 0.29) is 15.9 Å². The number of hydrogen-bond acceptors (Lipinski definition) is 4. The summed E-state index contributed by atoms with van der Waals surface area (Å²) in [5.41, 5.74) is 5.89. The fraction of sp³-hybridized carbons (Fsp3) is 0.417. The topological polar surface area (TPSA) is 81.4 Å². The number of rotatable bonds is 7. The number of thiocarbonyl (C=S) groups is 1. The van der Waals surface area contributed by atoms with Crippen molar-refractivity contribution in [2.24, 2.45) is 5.73 Å². The highest BCUT2D eigenvalue weighted by Gasteiger charge is 2.22. The molecule has 3 N–H and O–H groups in total. The Morgan fingerprint density at radius 3 is 2.63 bits per heavy atom. The van der Waals surface area contributed by atoms with E-state index in [9.17, 15) is 8.42 Å². The van der Waals surface area contributed by atoms with Crippen LogP contribution in [0.25, 0.3) is 0 Å². The second-order valence-electron chi connectivity index (χ2n) is 4.04. The standard InChI is InChI=1S/C12H18N2O3S2/c1-3-9(8-17-2)14-19(15,16)11-7-5-4-6-10(11)12(13)18/h4-7,9,14H,3,8H2,1-2H3,(H2,13,18). The monoisotopic (exact) mass is 302 g/mol. The van der Waals surface area contributed by atoms with Crippen LogP contribution in [0.5, 0.6) is 0 Å². The van der Waals surface area contributed by atoms with Crippen molar-refractivity contribution >= 4 is 27.2 Å². The lowest BCUT2D eigenvalue weighted by Gasteiger charge is -2.17. The molecule has 0 heterocycles. The van der Waals surface area contributed by atoms with Crippen LogP contribution in [0.3, 0.4) is 0 Å². The molecule has 5 nitrogen and oxygen atoms in total. The fourth-order valence-corrected chi connectivity index (χ4v) is 3.39. The summed E-state index contributed by atoms with van der Waals surface area (Å²) in [6, 6.07) is 6.12. The molecule has 1 aromatic carbocycles. The van der Waals surface area contributed by atoms with Crippen molar-refractivity contribution in [3.05, 3.63) is 29.8 Å². The minimum atomic E-state index is -3.67. The number of methoxy groups -OCH3 is 1. The zero-order valence-electron chi connectivity index (χ0n) is 10.9. The number of nitrogens with one attached hydrogen (secondary N) is 1. The molecular weight excluding hydrogens is 284 g/mol.